The number of aryl methyl sites for hydroxylation is 1. The smallest absolute Gasteiger partial charge is 0.121 e. The van der Waals surface area contributed by atoms with E-state index in [0.717, 1.165) is 16.8 Å². The monoisotopic (exact) mass is 233 g/mol. The van der Waals surface area contributed by atoms with Crippen LogP contribution in [0.5, 0.6) is 0 Å². The molecule has 0 aliphatic rings. The van der Waals surface area contributed by atoms with Crippen molar-refractivity contribution in [1.29, 1.82) is 0 Å². The molecule has 0 spiro atoms. The fraction of sp³-hybridized carbons (Fsp3) is 0.308. The first-order valence-electron chi connectivity index (χ1n) is 5.60. The maximum atomic E-state index is 13.1. The van der Waals surface area contributed by atoms with Crippen molar-refractivity contribution in [3.63, 3.8) is 0 Å². The van der Waals surface area contributed by atoms with Crippen molar-refractivity contribution >= 4 is 5.82 Å². The number of rotatable bonds is 3. The first-order valence-corrected chi connectivity index (χ1v) is 5.60. The second-order valence-electron chi connectivity index (χ2n) is 4.22. The lowest BCUT2D eigenvalue weighted by molar-refractivity contribution is 0.360. The van der Waals surface area contributed by atoms with Crippen LogP contribution in [0.4, 0.5) is 10.2 Å². The van der Waals surface area contributed by atoms with E-state index in [4.69, 9.17) is 5.73 Å². The van der Waals surface area contributed by atoms with Crippen molar-refractivity contribution in [2.24, 2.45) is 7.05 Å². The molecule has 0 amide bonds. The van der Waals surface area contributed by atoms with Gasteiger partial charge in [-0.05, 0) is 12.5 Å². The van der Waals surface area contributed by atoms with E-state index < -0.39 is 6.17 Å². The van der Waals surface area contributed by atoms with Gasteiger partial charge in [0.05, 0.1) is 5.69 Å². The number of nitrogen functional groups attached to an aromatic ring is 1. The molecule has 0 bridgehead atoms. The summed E-state index contributed by atoms with van der Waals surface area (Å²) < 4.78 is 14.7. The molecule has 0 radical (unpaired) electrons. The van der Waals surface area contributed by atoms with Gasteiger partial charge >= 0.3 is 0 Å². The summed E-state index contributed by atoms with van der Waals surface area (Å²) in [6, 6.07) is 9.51. The molecule has 17 heavy (non-hydrogen) atoms. The number of benzene rings is 1. The van der Waals surface area contributed by atoms with E-state index in [-0.39, 0.29) is 0 Å². The molecule has 0 fully saturated rings. The fourth-order valence-corrected chi connectivity index (χ4v) is 1.86. The van der Waals surface area contributed by atoms with Crippen LogP contribution in [-0.2, 0) is 13.5 Å². The number of nitrogens with zero attached hydrogens (tertiary/aromatic N) is 2. The number of hydrogen-bond acceptors (Lipinski definition) is 2. The van der Waals surface area contributed by atoms with Crippen molar-refractivity contribution in [3.05, 3.63) is 35.9 Å². The Bertz CT molecular complexity index is 498. The van der Waals surface area contributed by atoms with Gasteiger partial charge in [0.2, 0.25) is 0 Å². The largest absolute Gasteiger partial charge is 0.384 e. The zero-order valence-electron chi connectivity index (χ0n) is 10.0. The normalized spacial score (nSPS) is 12.6. The minimum atomic E-state index is -0.864. The standard InChI is InChI=1S/C13H16FN3/c1-9(14)7-10-5-3-4-6-11(10)12-8-13(15)17(2)16-12/h3-6,8-9H,7,15H2,1-2H3. The summed E-state index contributed by atoms with van der Waals surface area (Å²) in [7, 11) is 1.79. The van der Waals surface area contributed by atoms with Crippen LogP contribution in [0.3, 0.4) is 0 Å². The number of aromatic nitrogens is 2. The minimum Gasteiger partial charge on any atom is -0.384 e. The Hall–Kier alpha value is -1.84. The van der Waals surface area contributed by atoms with E-state index in [0.29, 0.717) is 12.2 Å². The number of anilines is 1. The Morgan fingerprint density at radius 1 is 1.41 bits per heavy atom. The SMILES string of the molecule is CC(F)Cc1ccccc1-c1cc(N)n(C)n1. The van der Waals surface area contributed by atoms with E-state index in [2.05, 4.69) is 5.10 Å². The Balaban J connectivity index is 2.44. The van der Waals surface area contributed by atoms with Gasteiger partial charge in [-0.3, -0.25) is 4.68 Å². The summed E-state index contributed by atoms with van der Waals surface area (Å²) in [6.07, 6.45) is -0.468. The van der Waals surface area contributed by atoms with Crippen LogP contribution in [0.25, 0.3) is 11.3 Å². The lowest BCUT2D eigenvalue weighted by Crippen LogP contribution is -2.01. The molecule has 0 saturated heterocycles. The highest BCUT2D eigenvalue weighted by Gasteiger charge is 2.11. The van der Waals surface area contributed by atoms with Crippen molar-refractivity contribution in [2.75, 3.05) is 5.73 Å². The van der Waals surface area contributed by atoms with Crippen molar-refractivity contribution in [1.82, 2.24) is 9.78 Å². The molecule has 1 atom stereocenters. The Morgan fingerprint density at radius 3 is 2.71 bits per heavy atom. The van der Waals surface area contributed by atoms with E-state index in [1.54, 1.807) is 18.7 Å². The van der Waals surface area contributed by atoms with Gasteiger partial charge in [0.25, 0.3) is 0 Å². The minimum absolute atomic E-state index is 0.395. The highest BCUT2D eigenvalue weighted by molar-refractivity contribution is 5.66. The number of hydrogen-bond donors (Lipinski definition) is 1. The van der Waals surface area contributed by atoms with E-state index in [1.807, 2.05) is 30.3 Å². The molecule has 90 valence electrons. The second-order valence-corrected chi connectivity index (χ2v) is 4.22. The predicted molar refractivity (Wildman–Crippen MR) is 67.3 cm³/mol. The van der Waals surface area contributed by atoms with Crippen LogP contribution in [0.15, 0.2) is 30.3 Å². The quantitative estimate of drug-likeness (QED) is 0.885. The highest BCUT2D eigenvalue weighted by Crippen LogP contribution is 2.25. The second kappa shape index (κ2) is 4.57. The van der Waals surface area contributed by atoms with Crippen molar-refractivity contribution < 1.29 is 4.39 Å². The Kier molecular flexibility index (Phi) is 3.13. The van der Waals surface area contributed by atoms with Gasteiger partial charge in [-0.1, -0.05) is 24.3 Å². The summed E-state index contributed by atoms with van der Waals surface area (Å²) in [5, 5.41) is 4.32. The average Bonchev–Trinajstić information content (AvgIpc) is 2.59. The summed E-state index contributed by atoms with van der Waals surface area (Å²) >= 11 is 0. The maximum Gasteiger partial charge on any atom is 0.121 e. The first-order chi connectivity index (χ1) is 8.08. The maximum absolute atomic E-state index is 13.1. The molecule has 0 aliphatic heterocycles. The van der Waals surface area contributed by atoms with Gasteiger partial charge in [0.15, 0.2) is 0 Å². The molecular weight excluding hydrogens is 217 g/mol. The van der Waals surface area contributed by atoms with E-state index >= 15 is 0 Å². The molecular formula is C13H16FN3. The Morgan fingerprint density at radius 2 is 2.12 bits per heavy atom. The molecule has 1 aromatic heterocycles. The summed E-state index contributed by atoms with van der Waals surface area (Å²) in [5.74, 6) is 0.600. The molecule has 2 N–H and O–H groups in total. The van der Waals surface area contributed by atoms with Crippen LogP contribution in [0.1, 0.15) is 12.5 Å². The van der Waals surface area contributed by atoms with Gasteiger partial charge in [0.1, 0.15) is 12.0 Å². The topological polar surface area (TPSA) is 43.8 Å². The third kappa shape index (κ3) is 2.46. The zero-order chi connectivity index (χ0) is 12.4. The summed E-state index contributed by atoms with van der Waals surface area (Å²) in [4.78, 5) is 0. The van der Waals surface area contributed by atoms with E-state index in [9.17, 15) is 4.39 Å². The molecule has 0 aliphatic carbocycles. The molecule has 3 nitrogen and oxygen atoms in total. The lowest BCUT2D eigenvalue weighted by atomic mass is 10.0. The molecule has 2 rings (SSSR count). The van der Waals surface area contributed by atoms with Gasteiger partial charge < -0.3 is 5.73 Å². The van der Waals surface area contributed by atoms with Crippen LogP contribution in [-0.4, -0.2) is 16.0 Å². The van der Waals surface area contributed by atoms with E-state index in [1.165, 1.54) is 0 Å². The first kappa shape index (κ1) is 11.6. The summed E-state index contributed by atoms with van der Waals surface area (Å²) in [6.45, 7) is 1.56. The number of alkyl halides is 1. The van der Waals surface area contributed by atoms with Crippen LogP contribution in [0, 0.1) is 0 Å². The van der Waals surface area contributed by atoms with Crippen LogP contribution in [0.2, 0.25) is 0 Å². The van der Waals surface area contributed by atoms with Crippen LogP contribution >= 0.6 is 0 Å². The van der Waals surface area contributed by atoms with Gasteiger partial charge in [-0.25, -0.2) is 4.39 Å². The lowest BCUT2D eigenvalue weighted by Gasteiger charge is -2.07. The average molecular weight is 233 g/mol. The highest BCUT2D eigenvalue weighted by atomic mass is 19.1. The van der Waals surface area contributed by atoms with Crippen molar-refractivity contribution in [2.45, 2.75) is 19.5 Å². The Labute approximate surface area is 100 Å². The van der Waals surface area contributed by atoms with Crippen molar-refractivity contribution in [3.8, 4) is 11.3 Å². The predicted octanol–water partition coefficient (Wildman–Crippen LogP) is 2.57. The van der Waals surface area contributed by atoms with Gasteiger partial charge in [0, 0.05) is 25.1 Å². The fourth-order valence-electron chi connectivity index (χ4n) is 1.86. The third-order valence-electron chi connectivity index (χ3n) is 2.71. The molecule has 1 heterocycles. The molecule has 1 unspecified atom stereocenters. The molecule has 4 heteroatoms. The zero-order valence-corrected chi connectivity index (χ0v) is 10.0. The number of nitrogens with two attached hydrogens (primary N) is 1. The molecule has 2 aromatic rings. The molecule has 1 aromatic carbocycles. The summed E-state index contributed by atoms with van der Waals surface area (Å²) in [5.41, 5.74) is 8.46. The number of halogens is 1. The van der Waals surface area contributed by atoms with Gasteiger partial charge in [-0.15, -0.1) is 0 Å². The van der Waals surface area contributed by atoms with Crippen LogP contribution < -0.4 is 5.73 Å². The van der Waals surface area contributed by atoms with Gasteiger partial charge in [-0.2, -0.15) is 5.10 Å². The molecule has 0 saturated carbocycles. The third-order valence-corrected chi connectivity index (χ3v) is 2.71.